The Morgan fingerprint density at radius 2 is 1.72 bits per heavy atom. The predicted octanol–water partition coefficient (Wildman–Crippen LogP) is 4.17. The van der Waals surface area contributed by atoms with Crippen LogP contribution in [-0.2, 0) is 0 Å². The molecule has 1 fully saturated rings. The van der Waals surface area contributed by atoms with Crippen molar-refractivity contribution in [2.45, 2.75) is 45.2 Å². The maximum atomic E-state index is 6.03. The van der Waals surface area contributed by atoms with Gasteiger partial charge in [0.1, 0.15) is 0 Å². The number of nitrogens with zero attached hydrogens (tertiary/aromatic N) is 1. The smallest absolute Gasteiger partial charge is 0.0736 e. The van der Waals surface area contributed by atoms with E-state index in [0.29, 0.717) is 27.8 Å². The van der Waals surface area contributed by atoms with E-state index in [9.17, 15) is 0 Å². The minimum absolute atomic E-state index is 0.486. The summed E-state index contributed by atoms with van der Waals surface area (Å²) in [6, 6.07) is 4.45. The van der Waals surface area contributed by atoms with Crippen molar-refractivity contribution in [3.8, 4) is 0 Å². The molecule has 2 unspecified atom stereocenters. The molecular weight excluding hydrogens is 269 g/mol. The maximum Gasteiger partial charge on any atom is 0.0736 e. The normalized spacial score (nSPS) is 25.1. The lowest BCUT2D eigenvalue weighted by atomic mass is 10.00. The Morgan fingerprint density at radius 3 is 2.33 bits per heavy atom. The Hall–Kier alpha value is -0.640. The fourth-order valence-electron chi connectivity index (χ4n) is 2.44. The van der Waals surface area contributed by atoms with Gasteiger partial charge in [-0.05, 0) is 38.8 Å². The molecule has 0 spiro atoms. The molecule has 0 aromatic heterocycles. The zero-order chi connectivity index (χ0) is 13.3. The summed E-state index contributed by atoms with van der Waals surface area (Å²) in [7, 11) is 0. The second kappa shape index (κ2) is 5.55. The summed E-state index contributed by atoms with van der Waals surface area (Å²) >= 11 is 12.0. The molecule has 0 radical (unpaired) electrons. The number of rotatable bonds is 2. The van der Waals surface area contributed by atoms with Crippen LogP contribution in [0.4, 0.5) is 11.4 Å². The lowest BCUT2D eigenvalue weighted by Crippen LogP contribution is -2.47. The summed E-state index contributed by atoms with van der Waals surface area (Å²) in [5, 5.41) is 3.25. The number of nitrogen functional groups attached to an aromatic ring is 1. The summed E-state index contributed by atoms with van der Waals surface area (Å²) in [6.45, 7) is 4.44. The van der Waals surface area contributed by atoms with Gasteiger partial charge in [0.15, 0.2) is 0 Å². The molecule has 0 bridgehead atoms. The number of benzene rings is 1. The van der Waals surface area contributed by atoms with Crippen LogP contribution < -0.4 is 11.2 Å². The highest BCUT2D eigenvalue weighted by Gasteiger charge is 2.25. The summed E-state index contributed by atoms with van der Waals surface area (Å²) in [4.78, 5) is 0. The first-order chi connectivity index (χ1) is 8.49. The number of hydrogen-bond acceptors (Lipinski definition) is 3. The van der Waals surface area contributed by atoms with Gasteiger partial charge in [-0.25, -0.2) is 5.01 Å². The van der Waals surface area contributed by atoms with Crippen molar-refractivity contribution in [3.05, 3.63) is 22.2 Å². The van der Waals surface area contributed by atoms with Gasteiger partial charge in [-0.1, -0.05) is 29.6 Å². The first-order valence-electron chi connectivity index (χ1n) is 6.28. The summed E-state index contributed by atoms with van der Waals surface area (Å²) in [6.07, 6.45) is 3.66. The number of piperidine rings is 1. The molecule has 1 heterocycles. The Balaban J connectivity index is 2.20. The molecule has 0 amide bonds. The Bertz CT molecular complexity index is 426. The Labute approximate surface area is 118 Å². The number of hydrogen-bond donors (Lipinski definition) is 2. The fraction of sp³-hybridized carbons (Fsp3) is 0.538. The van der Waals surface area contributed by atoms with Gasteiger partial charge in [-0.2, -0.15) is 0 Å². The number of nitrogens with one attached hydrogen (secondary N) is 1. The van der Waals surface area contributed by atoms with Crippen molar-refractivity contribution in [2.75, 3.05) is 11.2 Å². The molecule has 1 aliphatic rings. The second-order valence-corrected chi connectivity index (χ2v) is 5.82. The van der Waals surface area contributed by atoms with Gasteiger partial charge in [-0.3, -0.25) is 0 Å². The predicted molar refractivity (Wildman–Crippen MR) is 79.1 cm³/mol. The van der Waals surface area contributed by atoms with Crippen LogP contribution in [0.3, 0.4) is 0 Å². The molecule has 18 heavy (non-hydrogen) atoms. The molecule has 2 atom stereocenters. The van der Waals surface area contributed by atoms with Crippen molar-refractivity contribution in [1.29, 1.82) is 0 Å². The first-order valence-corrected chi connectivity index (χ1v) is 7.04. The van der Waals surface area contributed by atoms with Gasteiger partial charge < -0.3 is 11.2 Å². The van der Waals surface area contributed by atoms with Gasteiger partial charge in [0.05, 0.1) is 21.4 Å². The van der Waals surface area contributed by atoms with Crippen LogP contribution in [0.15, 0.2) is 12.1 Å². The number of hydrazine groups is 1. The van der Waals surface area contributed by atoms with Crippen LogP contribution in [0.5, 0.6) is 0 Å². The van der Waals surface area contributed by atoms with Gasteiger partial charge in [-0.15, -0.1) is 0 Å². The largest absolute Gasteiger partial charge is 0.397 e. The van der Waals surface area contributed by atoms with E-state index in [1.165, 1.54) is 19.3 Å². The van der Waals surface area contributed by atoms with Gasteiger partial charge >= 0.3 is 0 Å². The fourth-order valence-corrected chi connectivity index (χ4v) is 2.78. The molecule has 1 saturated heterocycles. The molecule has 1 aromatic carbocycles. The van der Waals surface area contributed by atoms with Crippen molar-refractivity contribution in [1.82, 2.24) is 5.01 Å². The SMILES string of the molecule is CC1CCCC(C)N1Nc1cc(Cl)c(Cl)cc1N. The van der Waals surface area contributed by atoms with Gasteiger partial charge in [0.25, 0.3) is 0 Å². The molecule has 3 N–H and O–H groups in total. The maximum absolute atomic E-state index is 6.03. The van der Waals surface area contributed by atoms with Crippen molar-refractivity contribution in [2.24, 2.45) is 0 Å². The summed E-state index contributed by atoms with van der Waals surface area (Å²) < 4.78 is 0. The van der Waals surface area contributed by atoms with Crippen LogP contribution in [0.25, 0.3) is 0 Å². The third-order valence-electron chi connectivity index (χ3n) is 3.54. The standard InChI is InChI=1S/C13H19Cl2N3/c1-8-4-3-5-9(2)18(8)17-13-7-11(15)10(14)6-12(13)16/h6-9,17H,3-5,16H2,1-2H3. The first kappa shape index (κ1) is 13.8. The molecule has 100 valence electrons. The molecule has 0 saturated carbocycles. The quantitative estimate of drug-likeness (QED) is 0.803. The van der Waals surface area contributed by atoms with Crippen LogP contribution in [-0.4, -0.2) is 17.1 Å². The summed E-state index contributed by atoms with van der Waals surface area (Å²) in [5.74, 6) is 0. The second-order valence-electron chi connectivity index (χ2n) is 5.00. The van der Waals surface area contributed by atoms with E-state index < -0.39 is 0 Å². The minimum atomic E-state index is 0.486. The Morgan fingerprint density at radius 1 is 1.17 bits per heavy atom. The average molecular weight is 288 g/mol. The molecule has 5 heteroatoms. The zero-order valence-electron chi connectivity index (χ0n) is 10.7. The van der Waals surface area contributed by atoms with Crippen molar-refractivity contribution < 1.29 is 0 Å². The summed E-state index contributed by atoms with van der Waals surface area (Å²) in [5.41, 5.74) is 10.8. The monoisotopic (exact) mass is 287 g/mol. The van der Waals surface area contributed by atoms with Gasteiger partial charge in [0.2, 0.25) is 0 Å². The molecular formula is C13H19Cl2N3. The third-order valence-corrected chi connectivity index (χ3v) is 4.26. The lowest BCUT2D eigenvalue weighted by molar-refractivity contribution is 0.136. The molecule has 0 aliphatic carbocycles. The zero-order valence-corrected chi connectivity index (χ0v) is 12.2. The third kappa shape index (κ3) is 2.85. The molecule has 3 nitrogen and oxygen atoms in total. The van der Waals surface area contributed by atoms with E-state index in [0.717, 1.165) is 5.69 Å². The highest BCUT2D eigenvalue weighted by Crippen LogP contribution is 2.32. The van der Waals surface area contributed by atoms with E-state index in [2.05, 4.69) is 24.3 Å². The molecule has 2 rings (SSSR count). The van der Waals surface area contributed by atoms with Crippen molar-refractivity contribution >= 4 is 34.6 Å². The van der Waals surface area contributed by atoms with Crippen LogP contribution in [0.1, 0.15) is 33.1 Å². The molecule has 1 aromatic rings. The van der Waals surface area contributed by atoms with Gasteiger partial charge in [0, 0.05) is 12.1 Å². The van der Waals surface area contributed by atoms with E-state index in [1.54, 1.807) is 12.1 Å². The number of halogens is 2. The van der Waals surface area contributed by atoms with Crippen molar-refractivity contribution in [3.63, 3.8) is 0 Å². The van der Waals surface area contributed by atoms with E-state index >= 15 is 0 Å². The average Bonchev–Trinajstić information content (AvgIpc) is 2.30. The van der Waals surface area contributed by atoms with E-state index in [-0.39, 0.29) is 0 Å². The van der Waals surface area contributed by atoms with Crippen LogP contribution >= 0.6 is 23.2 Å². The van der Waals surface area contributed by atoms with E-state index in [4.69, 9.17) is 28.9 Å². The number of nitrogens with two attached hydrogens (primary N) is 1. The van der Waals surface area contributed by atoms with E-state index in [1.807, 2.05) is 0 Å². The molecule has 1 aliphatic heterocycles. The Kier molecular flexibility index (Phi) is 4.25. The lowest BCUT2D eigenvalue weighted by Gasteiger charge is -2.39. The number of anilines is 2. The minimum Gasteiger partial charge on any atom is -0.397 e. The van der Waals surface area contributed by atoms with Crippen LogP contribution in [0, 0.1) is 0 Å². The van der Waals surface area contributed by atoms with Crippen LogP contribution in [0.2, 0.25) is 10.0 Å². The topological polar surface area (TPSA) is 41.3 Å². The highest BCUT2D eigenvalue weighted by atomic mass is 35.5. The highest BCUT2D eigenvalue weighted by molar-refractivity contribution is 6.42.